The Morgan fingerprint density at radius 3 is 2.71 bits per heavy atom. The van der Waals surface area contributed by atoms with Crippen molar-refractivity contribution in [2.75, 3.05) is 19.7 Å². The Morgan fingerprint density at radius 1 is 1.35 bits per heavy atom. The highest BCUT2D eigenvalue weighted by atomic mass is 16.5. The first-order chi connectivity index (χ1) is 8.23. The van der Waals surface area contributed by atoms with Gasteiger partial charge in [0.2, 0.25) is 0 Å². The Balaban J connectivity index is 2.01. The monoisotopic (exact) mass is 241 g/mol. The van der Waals surface area contributed by atoms with E-state index in [2.05, 4.69) is 5.32 Å². The maximum atomic E-state index is 10.8. The van der Waals surface area contributed by atoms with Crippen LogP contribution >= 0.6 is 0 Å². The quantitative estimate of drug-likeness (QED) is 0.788. The van der Waals surface area contributed by atoms with Crippen molar-refractivity contribution in [2.45, 2.75) is 50.5 Å². The molecule has 0 spiro atoms. The molecule has 2 aliphatic rings. The Hall–Kier alpha value is -0.610. The van der Waals surface area contributed by atoms with E-state index in [0.717, 1.165) is 19.7 Å². The van der Waals surface area contributed by atoms with Gasteiger partial charge in [-0.25, -0.2) is 0 Å². The first-order valence-electron chi connectivity index (χ1n) is 6.79. The van der Waals surface area contributed by atoms with E-state index < -0.39 is 5.97 Å². The van der Waals surface area contributed by atoms with Crippen molar-refractivity contribution in [3.63, 3.8) is 0 Å². The summed E-state index contributed by atoms with van der Waals surface area (Å²) in [7, 11) is 0. The van der Waals surface area contributed by atoms with Crippen LogP contribution in [-0.4, -0.2) is 36.4 Å². The zero-order valence-electron chi connectivity index (χ0n) is 10.4. The maximum Gasteiger partial charge on any atom is 0.303 e. The molecule has 1 unspecified atom stereocenters. The van der Waals surface area contributed by atoms with Gasteiger partial charge in [0.05, 0.1) is 12.2 Å². The van der Waals surface area contributed by atoms with E-state index in [9.17, 15) is 4.79 Å². The van der Waals surface area contributed by atoms with Gasteiger partial charge >= 0.3 is 5.97 Å². The van der Waals surface area contributed by atoms with E-state index in [0.29, 0.717) is 12.3 Å². The molecule has 0 aromatic rings. The van der Waals surface area contributed by atoms with Crippen LogP contribution in [0.1, 0.15) is 44.9 Å². The summed E-state index contributed by atoms with van der Waals surface area (Å²) in [5, 5.41) is 12.3. The van der Waals surface area contributed by atoms with Crippen LogP contribution in [0.15, 0.2) is 0 Å². The lowest BCUT2D eigenvalue weighted by Crippen LogP contribution is -2.55. The van der Waals surface area contributed by atoms with Crippen LogP contribution in [0.3, 0.4) is 0 Å². The predicted octanol–water partition coefficient (Wildman–Crippen LogP) is 1.79. The van der Waals surface area contributed by atoms with E-state index >= 15 is 0 Å². The minimum Gasteiger partial charge on any atom is -0.481 e. The van der Waals surface area contributed by atoms with Crippen molar-refractivity contribution < 1.29 is 14.6 Å². The van der Waals surface area contributed by atoms with Crippen LogP contribution in [0.25, 0.3) is 0 Å². The molecule has 0 amide bonds. The molecule has 1 saturated heterocycles. The summed E-state index contributed by atoms with van der Waals surface area (Å²) in [5.74, 6) is -0.169. The number of nitrogens with one attached hydrogen (secondary N) is 1. The average Bonchev–Trinajstić information content (AvgIpc) is 2.39. The zero-order valence-corrected chi connectivity index (χ0v) is 10.4. The van der Waals surface area contributed by atoms with Crippen LogP contribution < -0.4 is 5.32 Å². The first kappa shape index (κ1) is 12.8. The molecule has 17 heavy (non-hydrogen) atoms. The molecule has 4 heteroatoms. The highest BCUT2D eigenvalue weighted by molar-refractivity contribution is 5.66. The van der Waals surface area contributed by atoms with E-state index in [1.807, 2.05) is 0 Å². The second-order valence-corrected chi connectivity index (χ2v) is 5.32. The molecule has 0 bridgehead atoms. The summed E-state index contributed by atoms with van der Waals surface area (Å²) in [6.07, 6.45) is 7.12. The summed E-state index contributed by atoms with van der Waals surface area (Å²) in [6, 6.07) is 0. The molecule has 1 heterocycles. The molecular weight excluding hydrogens is 218 g/mol. The molecule has 1 saturated carbocycles. The van der Waals surface area contributed by atoms with Gasteiger partial charge in [-0.2, -0.15) is 0 Å². The largest absolute Gasteiger partial charge is 0.481 e. The normalized spacial score (nSPS) is 31.3. The summed E-state index contributed by atoms with van der Waals surface area (Å²) in [6.45, 7) is 2.43. The van der Waals surface area contributed by atoms with Gasteiger partial charge in [0, 0.05) is 19.5 Å². The molecule has 1 atom stereocenters. The number of carbonyl (C=O) groups is 1. The van der Waals surface area contributed by atoms with Crippen molar-refractivity contribution in [3.8, 4) is 0 Å². The number of carboxylic acids is 1. The molecule has 1 aliphatic carbocycles. The molecule has 98 valence electrons. The number of hydrogen-bond donors (Lipinski definition) is 2. The number of ether oxygens (including phenoxy) is 1. The van der Waals surface area contributed by atoms with Crippen molar-refractivity contribution >= 4 is 5.97 Å². The van der Waals surface area contributed by atoms with Crippen molar-refractivity contribution in [1.82, 2.24) is 5.32 Å². The van der Waals surface area contributed by atoms with Crippen LogP contribution in [0.5, 0.6) is 0 Å². The van der Waals surface area contributed by atoms with E-state index in [1.54, 1.807) is 0 Å². The lowest BCUT2D eigenvalue weighted by atomic mass is 9.74. The number of carboxylic acid groups (broad SMARTS) is 1. The topological polar surface area (TPSA) is 58.6 Å². The minimum atomic E-state index is -0.714. The Kier molecular flexibility index (Phi) is 4.40. The number of morpholine rings is 1. The van der Waals surface area contributed by atoms with Gasteiger partial charge in [0.1, 0.15) is 0 Å². The van der Waals surface area contributed by atoms with Gasteiger partial charge in [0.15, 0.2) is 0 Å². The minimum absolute atomic E-state index is 0.211. The number of hydrogen-bond acceptors (Lipinski definition) is 3. The fourth-order valence-electron chi connectivity index (χ4n) is 3.25. The van der Waals surface area contributed by atoms with Gasteiger partial charge < -0.3 is 15.2 Å². The van der Waals surface area contributed by atoms with Crippen molar-refractivity contribution in [1.29, 1.82) is 0 Å². The van der Waals surface area contributed by atoms with Crippen LogP contribution in [0, 0.1) is 5.92 Å². The van der Waals surface area contributed by atoms with Gasteiger partial charge in [-0.1, -0.05) is 19.3 Å². The lowest BCUT2D eigenvalue weighted by Gasteiger charge is -2.45. The Bertz CT molecular complexity index is 255. The van der Waals surface area contributed by atoms with Crippen LogP contribution in [-0.2, 0) is 9.53 Å². The fourth-order valence-corrected chi connectivity index (χ4v) is 3.25. The number of rotatable bonds is 4. The van der Waals surface area contributed by atoms with Crippen LogP contribution in [0.2, 0.25) is 0 Å². The molecule has 2 N–H and O–H groups in total. The zero-order chi connectivity index (χ0) is 12.1. The van der Waals surface area contributed by atoms with E-state index in [-0.39, 0.29) is 12.0 Å². The third-order valence-electron chi connectivity index (χ3n) is 4.20. The summed E-state index contributed by atoms with van der Waals surface area (Å²) in [4.78, 5) is 10.8. The molecule has 4 nitrogen and oxygen atoms in total. The Morgan fingerprint density at radius 2 is 2.12 bits per heavy atom. The Labute approximate surface area is 103 Å². The van der Waals surface area contributed by atoms with Crippen molar-refractivity contribution in [2.24, 2.45) is 5.92 Å². The third-order valence-corrected chi connectivity index (χ3v) is 4.20. The molecule has 0 radical (unpaired) electrons. The lowest BCUT2D eigenvalue weighted by molar-refractivity contribution is -0.144. The highest BCUT2D eigenvalue weighted by Crippen LogP contribution is 2.38. The van der Waals surface area contributed by atoms with E-state index in [1.165, 1.54) is 32.1 Å². The summed E-state index contributed by atoms with van der Waals surface area (Å²) < 4.78 is 6.03. The van der Waals surface area contributed by atoms with Gasteiger partial charge in [0.25, 0.3) is 0 Å². The van der Waals surface area contributed by atoms with E-state index in [4.69, 9.17) is 9.84 Å². The molecule has 2 rings (SSSR count). The smallest absolute Gasteiger partial charge is 0.303 e. The molecule has 0 aromatic carbocycles. The molecule has 2 fully saturated rings. The molecule has 1 aliphatic heterocycles. The first-order valence-corrected chi connectivity index (χ1v) is 6.79. The SMILES string of the molecule is O=C(O)CCC1(C2CCCCC2)CNCCO1. The summed E-state index contributed by atoms with van der Waals surface area (Å²) >= 11 is 0. The second kappa shape index (κ2) is 5.83. The number of aliphatic carboxylic acids is 1. The standard InChI is InChI=1S/C13H23NO3/c15-12(16)6-7-13(10-14-8-9-17-13)11-4-2-1-3-5-11/h11,14H,1-10H2,(H,15,16). The molecular formula is C13H23NO3. The third kappa shape index (κ3) is 3.19. The summed E-state index contributed by atoms with van der Waals surface area (Å²) in [5.41, 5.74) is -0.211. The van der Waals surface area contributed by atoms with Crippen molar-refractivity contribution in [3.05, 3.63) is 0 Å². The highest BCUT2D eigenvalue weighted by Gasteiger charge is 2.41. The van der Waals surface area contributed by atoms with Gasteiger partial charge in [-0.15, -0.1) is 0 Å². The fraction of sp³-hybridized carbons (Fsp3) is 0.923. The molecule has 0 aromatic heterocycles. The second-order valence-electron chi connectivity index (χ2n) is 5.32. The van der Waals surface area contributed by atoms with Gasteiger partial charge in [-0.05, 0) is 25.2 Å². The predicted molar refractivity (Wildman–Crippen MR) is 65.0 cm³/mol. The van der Waals surface area contributed by atoms with Gasteiger partial charge in [-0.3, -0.25) is 4.79 Å². The average molecular weight is 241 g/mol. The van der Waals surface area contributed by atoms with Crippen LogP contribution in [0.4, 0.5) is 0 Å². The maximum absolute atomic E-state index is 10.8.